The maximum atomic E-state index is 13.6. The first-order valence-electron chi connectivity index (χ1n) is 12.9. The molecule has 0 saturated heterocycles. The van der Waals surface area contributed by atoms with Crippen molar-refractivity contribution in [2.24, 2.45) is 0 Å². The molecule has 0 bridgehead atoms. The molecule has 2 amide bonds. The van der Waals surface area contributed by atoms with Crippen molar-refractivity contribution in [3.8, 4) is 0 Å². The number of carbonyl (C=O) groups is 2. The molecule has 0 spiro atoms. The van der Waals surface area contributed by atoms with Gasteiger partial charge in [-0.2, -0.15) is 0 Å². The van der Waals surface area contributed by atoms with E-state index < -0.39 is 15.7 Å². The number of likely N-dealkylation sites (N-methyl/N-ethyl adjacent to an activating group) is 1. The average Bonchev–Trinajstić information content (AvgIpc) is 3.35. The smallest absolute Gasteiger partial charge is 0.256 e. The van der Waals surface area contributed by atoms with Crippen LogP contribution in [0.3, 0.4) is 0 Å². The third-order valence-electron chi connectivity index (χ3n) is 6.98. The summed E-state index contributed by atoms with van der Waals surface area (Å²) in [5.41, 5.74) is 4.02. The van der Waals surface area contributed by atoms with E-state index >= 15 is 0 Å². The second-order valence-corrected chi connectivity index (χ2v) is 11.5. The summed E-state index contributed by atoms with van der Waals surface area (Å²) in [6.45, 7) is 10.8. The summed E-state index contributed by atoms with van der Waals surface area (Å²) < 4.78 is 39.8. The molecular weight excluding hydrogens is 519 g/mol. The number of fused-ring (bicyclic) bond motifs is 1. The van der Waals surface area contributed by atoms with Gasteiger partial charge in [0.05, 0.1) is 21.8 Å². The Balaban J connectivity index is 1.61. The van der Waals surface area contributed by atoms with Gasteiger partial charge in [0.15, 0.2) is 9.84 Å². The van der Waals surface area contributed by atoms with E-state index in [1.54, 1.807) is 25.1 Å². The van der Waals surface area contributed by atoms with E-state index in [1.165, 1.54) is 30.3 Å². The number of amides is 2. The number of aromatic nitrogens is 1. The SMILES string of the molecule is CCN(CC)CCNC(=O)c1c(C)[nH]c(C=C2C(=O)Nc3ccc(S(=O)(=O)Cc4cccc(F)c4)cc32)c1C. The number of H-pyrrole nitrogens is 1. The summed E-state index contributed by atoms with van der Waals surface area (Å²) in [5, 5.41) is 5.74. The Kier molecular flexibility index (Phi) is 8.36. The summed E-state index contributed by atoms with van der Waals surface area (Å²) in [6.07, 6.45) is 1.64. The molecule has 10 heteroatoms. The number of rotatable bonds is 10. The Morgan fingerprint density at radius 2 is 1.85 bits per heavy atom. The molecule has 3 aromatic rings. The fourth-order valence-electron chi connectivity index (χ4n) is 4.79. The monoisotopic (exact) mass is 552 g/mol. The molecule has 0 saturated carbocycles. The topological polar surface area (TPSA) is 111 Å². The Bertz CT molecular complexity index is 1560. The van der Waals surface area contributed by atoms with Crippen LogP contribution in [0.5, 0.6) is 0 Å². The zero-order valence-corrected chi connectivity index (χ0v) is 23.3. The minimum Gasteiger partial charge on any atom is -0.358 e. The number of aromatic amines is 1. The third-order valence-corrected chi connectivity index (χ3v) is 8.66. The molecule has 0 fully saturated rings. The summed E-state index contributed by atoms with van der Waals surface area (Å²) in [5.74, 6) is -1.45. The zero-order valence-electron chi connectivity index (χ0n) is 22.5. The second-order valence-electron chi connectivity index (χ2n) is 9.55. The van der Waals surface area contributed by atoms with Crippen molar-refractivity contribution in [1.82, 2.24) is 15.2 Å². The third kappa shape index (κ3) is 6.12. The molecule has 4 rings (SSSR count). The lowest BCUT2D eigenvalue weighted by atomic mass is 10.0. The van der Waals surface area contributed by atoms with Crippen LogP contribution < -0.4 is 10.6 Å². The van der Waals surface area contributed by atoms with Crippen LogP contribution >= 0.6 is 0 Å². The fraction of sp³-hybridized carbons (Fsp3) is 0.310. The van der Waals surface area contributed by atoms with Crippen LogP contribution in [0.15, 0.2) is 47.4 Å². The standard InChI is InChI=1S/C29H33FN4O4S/c1-5-34(6-2)13-12-31-29(36)27-18(3)26(32-19(27)4)16-24-23-15-22(10-11-25(23)33-28(24)35)39(37,38)17-20-8-7-9-21(30)14-20/h7-11,14-16,32H,5-6,12-13,17H2,1-4H3,(H,31,36)(H,33,35). The molecule has 2 aromatic carbocycles. The Hall–Kier alpha value is -3.76. The number of hydrogen-bond donors (Lipinski definition) is 3. The van der Waals surface area contributed by atoms with Gasteiger partial charge < -0.3 is 20.5 Å². The molecule has 1 aliphatic heterocycles. The maximum Gasteiger partial charge on any atom is 0.256 e. The van der Waals surface area contributed by atoms with E-state index in [0.717, 1.165) is 19.6 Å². The Morgan fingerprint density at radius 3 is 2.54 bits per heavy atom. The summed E-state index contributed by atoms with van der Waals surface area (Å²) in [7, 11) is -3.80. The number of benzene rings is 2. The van der Waals surface area contributed by atoms with Crippen LogP contribution in [-0.2, 0) is 20.4 Å². The number of hydrogen-bond acceptors (Lipinski definition) is 5. The number of anilines is 1. The summed E-state index contributed by atoms with van der Waals surface area (Å²) in [4.78, 5) is 31.2. The van der Waals surface area contributed by atoms with Gasteiger partial charge in [-0.1, -0.05) is 26.0 Å². The van der Waals surface area contributed by atoms with Crippen LogP contribution in [0.25, 0.3) is 11.6 Å². The fourth-order valence-corrected chi connectivity index (χ4v) is 6.15. The van der Waals surface area contributed by atoms with Crippen molar-refractivity contribution in [3.05, 3.63) is 81.9 Å². The normalized spacial score (nSPS) is 14.1. The van der Waals surface area contributed by atoms with Crippen LogP contribution in [0.4, 0.5) is 10.1 Å². The van der Waals surface area contributed by atoms with Gasteiger partial charge in [-0.05, 0) is 74.5 Å². The molecule has 8 nitrogen and oxygen atoms in total. The number of carbonyl (C=O) groups excluding carboxylic acids is 2. The van der Waals surface area contributed by atoms with Gasteiger partial charge in [-0.25, -0.2) is 12.8 Å². The first-order chi connectivity index (χ1) is 18.5. The molecule has 206 valence electrons. The maximum absolute atomic E-state index is 13.6. The minimum absolute atomic E-state index is 0.0283. The lowest BCUT2D eigenvalue weighted by Gasteiger charge is -2.18. The molecule has 0 unspecified atom stereocenters. The number of aryl methyl sites for hydroxylation is 1. The van der Waals surface area contributed by atoms with Crippen molar-refractivity contribution in [1.29, 1.82) is 0 Å². The predicted molar refractivity (Wildman–Crippen MR) is 151 cm³/mol. The second kappa shape index (κ2) is 11.5. The largest absolute Gasteiger partial charge is 0.358 e. The average molecular weight is 553 g/mol. The van der Waals surface area contributed by atoms with E-state index in [2.05, 4.69) is 34.4 Å². The van der Waals surface area contributed by atoms with Gasteiger partial charge in [-0.15, -0.1) is 0 Å². The van der Waals surface area contributed by atoms with Gasteiger partial charge in [0.1, 0.15) is 5.82 Å². The number of halogens is 1. The van der Waals surface area contributed by atoms with Crippen molar-refractivity contribution < 1.29 is 22.4 Å². The Morgan fingerprint density at radius 1 is 1.10 bits per heavy atom. The minimum atomic E-state index is -3.80. The van der Waals surface area contributed by atoms with Gasteiger partial charge in [0.25, 0.3) is 11.8 Å². The highest BCUT2D eigenvalue weighted by atomic mass is 32.2. The van der Waals surface area contributed by atoms with Gasteiger partial charge >= 0.3 is 0 Å². The van der Waals surface area contributed by atoms with Crippen LogP contribution in [0.2, 0.25) is 0 Å². The molecule has 0 radical (unpaired) electrons. The quantitative estimate of drug-likeness (QED) is 0.325. The van der Waals surface area contributed by atoms with Gasteiger partial charge in [-0.3, -0.25) is 9.59 Å². The van der Waals surface area contributed by atoms with Crippen molar-refractivity contribution in [2.75, 3.05) is 31.5 Å². The van der Waals surface area contributed by atoms with E-state index in [4.69, 9.17) is 0 Å². The molecule has 39 heavy (non-hydrogen) atoms. The number of sulfone groups is 1. The summed E-state index contributed by atoms with van der Waals surface area (Å²) >= 11 is 0. The first kappa shape index (κ1) is 28.3. The van der Waals surface area contributed by atoms with Crippen LogP contribution in [-0.4, -0.2) is 56.3 Å². The molecule has 2 heterocycles. The van der Waals surface area contributed by atoms with Gasteiger partial charge in [0, 0.05) is 35.7 Å². The lowest BCUT2D eigenvalue weighted by Crippen LogP contribution is -2.35. The van der Waals surface area contributed by atoms with Crippen molar-refractivity contribution in [3.63, 3.8) is 0 Å². The molecular formula is C29H33FN4O4S. The Labute approximate surface area is 228 Å². The molecule has 1 aliphatic rings. The van der Waals surface area contributed by atoms with Gasteiger partial charge in [0.2, 0.25) is 0 Å². The number of nitrogens with one attached hydrogen (secondary N) is 3. The molecule has 0 atom stereocenters. The number of nitrogens with zero attached hydrogens (tertiary/aromatic N) is 1. The van der Waals surface area contributed by atoms with Crippen LogP contribution in [0.1, 0.15) is 52.3 Å². The zero-order chi connectivity index (χ0) is 28.3. The van der Waals surface area contributed by atoms with E-state index in [1.807, 2.05) is 6.92 Å². The first-order valence-corrected chi connectivity index (χ1v) is 14.5. The highest BCUT2D eigenvalue weighted by molar-refractivity contribution is 7.90. The molecule has 3 N–H and O–H groups in total. The molecule has 1 aromatic heterocycles. The predicted octanol–water partition coefficient (Wildman–Crippen LogP) is 4.31. The highest BCUT2D eigenvalue weighted by Crippen LogP contribution is 2.36. The van der Waals surface area contributed by atoms with E-state index in [-0.39, 0.29) is 28.0 Å². The van der Waals surface area contributed by atoms with E-state index in [9.17, 15) is 22.4 Å². The lowest BCUT2D eigenvalue weighted by molar-refractivity contribution is -0.110. The van der Waals surface area contributed by atoms with Crippen molar-refractivity contribution >= 4 is 39.0 Å². The van der Waals surface area contributed by atoms with Crippen LogP contribution in [0, 0.1) is 19.7 Å². The molecule has 0 aliphatic carbocycles. The van der Waals surface area contributed by atoms with E-state index in [0.29, 0.717) is 45.9 Å². The highest BCUT2D eigenvalue weighted by Gasteiger charge is 2.28. The summed E-state index contributed by atoms with van der Waals surface area (Å²) in [6, 6.07) is 9.90. The van der Waals surface area contributed by atoms with Crippen molar-refractivity contribution in [2.45, 2.75) is 38.3 Å².